The summed E-state index contributed by atoms with van der Waals surface area (Å²) in [6.07, 6.45) is -0.436. The molecule has 0 N–H and O–H groups in total. The number of hydrogen-bond acceptors (Lipinski definition) is 6. The van der Waals surface area contributed by atoms with Crippen molar-refractivity contribution >= 4 is 5.78 Å². The molecule has 6 heteroatoms. The fraction of sp³-hybridized carbons (Fsp3) is 0.733. The molecule has 0 radical (unpaired) electrons. The van der Waals surface area contributed by atoms with Crippen LogP contribution >= 0.6 is 0 Å². The number of carbonyl (C=O) groups is 1. The Labute approximate surface area is 125 Å². The first-order chi connectivity index (χ1) is 9.99. The number of Topliss-reactive ketones (excluding diaryl/α,β-unsaturated/α-hetero) is 1. The van der Waals surface area contributed by atoms with Crippen LogP contribution in [0.4, 0.5) is 0 Å². The van der Waals surface area contributed by atoms with Gasteiger partial charge in [0.1, 0.15) is 12.4 Å². The van der Waals surface area contributed by atoms with Gasteiger partial charge in [0.2, 0.25) is 0 Å². The molecule has 1 heterocycles. The van der Waals surface area contributed by atoms with Crippen LogP contribution in [0.1, 0.15) is 46.3 Å². The Kier molecular flexibility index (Phi) is 7.39. The first kappa shape index (κ1) is 17.7. The predicted molar refractivity (Wildman–Crippen MR) is 77.3 cm³/mol. The van der Waals surface area contributed by atoms with Gasteiger partial charge >= 0.3 is 0 Å². The lowest BCUT2D eigenvalue weighted by Crippen LogP contribution is -2.25. The SMILES string of the molecule is CCOC(COc1cc(C(C(C)=O)C(C)C)on1)OCC. The Morgan fingerprint density at radius 1 is 1.29 bits per heavy atom. The van der Waals surface area contributed by atoms with Crippen molar-refractivity contribution in [1.82, 2.24) is 5.16 Å². The Morgan fingerprint density at radius 2 is 1.90 bits per heavy atom. The average molecular weight is 299 g/mol. The number of rotatable bonds is 10. The number of carbonyl (C=O) groups excluding carboxylic acids is 1. The van der Waals surface area contributed by atoms with Crippen molar-refractivity contribution in [2.45, 2.75) is 46.8 Å². The number of hydrogen-bond donors (Lipinski definition) is 0. The molecular weight excluding hydrogens is 274 g/mol. The molecule has 1 unspecified atom stereocenters. The van der Waals surface area contributed by atoms with E-state index >= 15 is 0 Å². The summed E-state index contributed by atoms with van der Waals surface area (Å²) in [4.78, 5) is 11.7. The van der Waals surface area contributed by atoms with E-state index in [4.69, 9.17) is 18.7 Å². The van der Waals surface area contributed by atoms with Crippen molar-refractivity contribution in [2.75, 3.05) is 19.8 Å². The third-order valence-corrected chi connectivity index (χ3v) is 2.99. The molecule has 0 aliphatic carbocycles. The zero-order chi connectivity index (χ0) is 15.8. The molecule has 0 saturated heterocycles. The van der Waals surface area contributed by atoms with Crippen LogP contribution in [-0.4, -0.2) is 37.1 Å². The van der Waals surface area contributed by atoms with Crippen LogP contribution in [0.2, 0.25) is 0 Å². The van der Waals surface area contributed by atoms with Crippen molar-refractivity contribution in [3.63, 3.8) is 0 Å². The molecule has 21 heavy (non-hydrogen) atoms. The second-order valence-electron chi connectivity index (χ2n) is 5.05. The summed E-state index contributed by atoms with van der Waals surface area (Å²) in [6, 6.07) is 1.65. The quantitative estimate of drug-likeness (QED) is 0.619. The van der Waals surface area contributed by atoms with E-state index in [0.29, 0.717) is 24.9 Å². The maximum Gasteiger partial charge on any atom is 0.254 e. The first-order valence-corrected chi connectivity index (χ1v) is 7.32. The van der Waals surface area contributed by atoms with E-state index in [1.807, 2.05) is 27.7 Å². The fourth-order valence-corrected chi connectivity index (χ4v) is 2.15. The molecule has 1 atom stereocenters. The maximum absolute atomic E-state index is 11.7. The number of ketones is 1. The summed E-state index contributed by atoms with van der Waals surface area (Å²) < 4.78 is 21.5. The Morgan fingerprint density at radius 3 is 2.38 bits per heavy atom. The lowest BCUT2D eigenvalue weighted by Gasteiger charge is -2.16. The maximum atomic E-state index is 11.7. The molecule has 1 aromatic rings. The van der Waals surface area contributed by atoms with Gasteiger partial charge < -0.3 is 18.7 Å². The van der Waals surface area contributed by atoms with Crippen LogP contribution in [0.15, 0.2) is 10.6 Å². The third-order valence-electron chi connectivity index (χ3n) is 2.99. The van der Waals surface area contributed by atoms with Gasteiger partial charge in [0.15, 0.2) is 12.1 Å². The normalized spacial score (nSPS) is 12.9. The topological polar surface area (TPSA) is 70.8 Å². The van der Waals surface area contributed by atoms with Crippen molar-refractivity contribution in [2.24, 2.45) is 5.92 Å². The highest BCUT2D eigenvalue weighted by atomic mass is 16.7. The van der Waals surface area contributed by atoms with E-state index in [0.717, 1.165) is 0 Å². The van der Waals surface area contributed by atoms with Crippen LogP contribution < -0.4 is 4.74 Å². The van der Waals surface area contributed by atoms with Gasteiger partial charge in [-0.25, -0.2) is 0 Å². The van der Waals surface area contributed by atoms with Crippen molar-refractivity contribution in [3.8, 4) is 5.88 Å². The minimum Gasteiger partial charge on any atom is -0.470 e. The minimum atomic E-state index is -0.436. The molecule has 0 aliphatic rings. The van der Waals surface area contributed by atoms with Gasteiger partial charge in [0.25, 0.3) is 5.88 Å². The molecule has 0 fully saturated rings. The van der Waals surface area contributed by atoms with Gasteiger partial charge in [-0.2, -0.15) is 0 Å². The molecule has 1 aromatic heterocycles. The molecule has 0 amide bonds. The summed E-state index contributed by atoms with van der Waals surface area (Å²) in [5.74, 6) is 0.750. The number of ether oxygens (including phenoxy) is 3. The molecule has 0 spiro atoms. The Balaban J connectivity index is 2.64. The highest BCUT2D eigenvalue weighted by Crippen LogP contribution is 2.28. The summed E-state index contributed by atoms with van der Waals surface area (Å²) in [7, 11) is 0. The van der Waals surface area contributed by atoms with Crippen molar-refractivity contribution < 1.29 is 23.5 Å². The smallest absolute Gasteiger partial charge is 0.254 e. The zero-order valence-corrected chi connectivity index (χ0v) is 13.4. The molecule has 0 saturated carbocycles. The largest absolute Gasteiger partial charge is 0.470 e. The van der Waals surface area contributed by atoms with Crippen molar-refractivity contribution in [3.05, 3.63) is 11.8 Å². The summed E-state index contributed by atoms with van der Waals surface area (Å²) >= 11 is 0. The van der Waals surface area contributed by atoms with Gasteiger partial charge in [-0.05, 0) is 31.8 Å². The standard InChI is InChI=1S/C15H25NO5/c1-6-18-14(19-7-2)9-20-13-8-12(21-16-13)15(10(3)4)11(5)17/h8,10,14-15H,6-7,9H2,1-5H3. The van der Waals surface area contributed by atoms with E-state index in [1.165, 1.54) is 0 Å². The third kappa shape index (κ3) is 5.47. The van der Waals surface area contributed by atoms with E-state index in [2.05, 4.69) is 5.16 Å². The number of nitrogens with zero attached hydrogens (tertiary/aromatic N) is 1. The first-order valence-electron chi connectivity index (χ1n) is 7.32. The molecule has 0 bridgehead atoms. The van der Waals surface area contributed by atoms with Crippen LogP contribution in [-0.2, 0) is 14.3 Å². The van der Waals surface area contributed by atoms with Crippen LogP contribution in [0.3, 0.4) is 0 Å². The van der Waals surface area contributed by atoms with Crippen LogP contribution in [0.25, 0.3) is 0 Å². The van der Waals surface area contributed by atoms with Gasteiger partial charge in [0, 0.05) is 19.3 Å². The van der Waals surface area contributed by atoms with E-state index < -0.39 is 6.29 Å². The summed E-state index contributed by atoms with van der Waals surface area (Å²) in [5.41, 5.74) is 0. The fourth-order valence-electron chi connectivity index (χ4n) is 2.15. The Hall–Kier alpha value is -1.40. The second kappa shape index (κ2) is 8.79. The van der Waals surface area contributed by atoms with E-state index in [1.54, 1.807) is 13.0 Å². The average Bonchev–Trinajstić information content (AvgIpc) is 2.84. The second-order valence-corrected chi connectivity index (χ2v) is 5.05. The zero-order valence-electron chi connectivity index (χ0n) is 13.4. The van der Waals surface area contributed by atoms with E-state index in [-0.39, 0.29) is 24.2 Å². The van der Waals surface area contributed by atoms with Gasteiger partial charge in [-0.15, -0.1) is 0 Å². The van der Waals surface area contributed by atoms with Crippen LogP contribution in [0, 0.1) is 5.92 Å². The number of aromatic nitrogens is 1. The molecular formula is C15H25NO5. The van der Waals surface area contributed by atoms with Crippen molar-refractivity contribution in [1.29, 1.82) is 0 Å². The summed E-state index contributed by atoms with van der Waals surface area (Å²) in [5, 5.41) is 3.83. The summed E-state index contributed by atoms with van der Waals surface area (Å²) in [6.45, 7) is 10.6. The molecule has 0 aliphatic heterocycles. The molecule has 6 nitrogen and oxygen atoms in total. The lowest BCUT2D eigenvalue weighted by molar-refractivity contribution is -0.152. The van der Waals surface area contributed by atoms with E-state index in [9.17, 15) is 4.79 Å². The van der Waals surface area contributed by atoms with Gasteiger partial charge in [-0.1, -0.05) is 13.8 Å². The molecule has 120 valence electrons. The molecule has 0 aromatic carbocycles. The monoisotopic (exact) mass is 299 g/mol. The van der Waals surface area contributed by atoms with Gasteiger partial charge in [-0.3, -0.25) is 4.79 Å². The Bertz CT molecular complexity index is 423. The lowest BCUT2D eigenvalue weighted by atomic mass is 9.90. The van der Waals surface area contributed by atoms with Gasteiger partial charge in [0.05, 0.1) is 5.92 Å². The molecule has 1 rings (SSSR count). The van der Waals surface area contributed by atoms with Crippen LogP contribution in [0.5, 0.6) is 5.88 Å². The highest BCUT2D eigenvalue weighted by Gasteiger charge is 2.25. The minimum absolute atomic E-state index is 0.0502. The predicted octanol–water partition coefficient (Wildman–Crippen LogP) is 2.78. The highest BCUT2D eigenvalue weighted by molar-refractivity contribution is 5.82.